The van der Waals surface area contributed by atoms with Crippen LogP contribution < -0.4 is 4.90 Å². The van der Waals surface area contributed by atoms with Crippen LogP contribution in [-0.4, -0.2) is 28.7 Å². The van der Waals surface area contributed by atoms with Crippen molar-refractivity contribution in [3.8, 4) is 11.3 Å². The lowest BCUT2D eigenvalue weighted by Crippen LogP contribution is -2.29. The molecule has 0 saturated carbocycles. The fraction of sp³-hybridized carbons (Fsp3) is 0.148. The van der Waals surface area contributed by atoms with Crippen molar-refractivity contribution in [3.63, 3.8) is 0 Å². The zero-order valence-corrected chi connectivity index (χ0v) is 18.4. The minimum absolute atomic E-state index is 0.159. The molecule has 2 heterocycles. The number of fused-ring (bicyclic) bond motifs is 1. The lowest BCUT2D eigenvalue weighted by Gasteiger charge is -2.26. The molecule has 4 aromatic rings. The smallest absolute Gasteiger partial charge is 0.338 e. The fourth-order valence-corrected chi connectivity index (χ4v) is 4.27. The number of ether oxygens (including phenoxy) is 1. The van der Waals surface area contributed by atoms with E-state index in [2.05, 4.69) is 10.2 Å². The van der Waals surface area contributed by atoms with Gasteiger partial charge in [0, 0.05) is 16.8 Å². The third kappa shape index (κ3) is 3.59. The van der Waals surface area contributed by atoms with Crippen LogP contribution in [0.3, 0.4) is 0 Å². The molecule has 1 atom stereocenters. The SMILES string of the molecule is CCOC(=O)c1ccc(N2C(=O)c3[nH]nc(-c4ccc(C)cc4)c3[C@H]2c2ccccc2)cc1. The summed E-state index contributed by atoms with van der Waals surface area (Å²) < 4.78 is 5.08. The molecule has 1 aliphatic heterocycles. The predicted molar refractivity (Wildman–Crippen MR) is 126 cm³/mol. The van der Waals surface area contributed by atoms with Crippen LogP contribution in [0.1, 0.15) is 50.5 Å². The van der Waals surface area contributed by atoms with Crippen LogP contribution in [0, 0.1) is 6.92 Å². The Morgan fingerprint density at radius 1 is 1.00 bits per heavy atom. The largest absolute Gasteiger partial charge is 0.462 e. The van der Waals surface area contributed by atoms with Gasteiger partial charge in [-0.2, -0.15) is 5.10 Å². The number of hydrogen-bond donors (Lipinski definition) is 1. The van der Waals surface area contributed by atoms with Crippen LogP contribution in [0.2, 0.25) is 0 Å². The lowest BCUT2D eigenvalue weighted by atomic mass is 9.95. The predicted octanol–water partition coefficient (Wildman–Crippen LogP) is 5.31. The maximum absolute atomic E-state index is 13.6. The van der Waals surface area contributed by atoms with E-state index in [1.807, 2.05) is 61.5 Å². The third-order valence-electron chi connectivity index (χ3n) is 5.87. The van der Waals surface area contributed by atoms with Crippen molar-refractivity contribution in [2.24, 2.45) is 0 Å². The molecule has 1 aliphatic rings. The van der Waals surface area contributed by atoms with E-state index in [1.54, 1.807) is 36.1 Å². The maximum atomic E-state index is 13.6. The molecule has 1 amide bonds. The second kappa shape index (κ2) is 8.39. The highest BCUT2D eigenvalue weighted by atomic mass is 16.5. The van der Waals surface area contributed by atoms with Crippen molar-refractivity contribution in [1.29, 1.82) is 0 Å². The summed E-state index contributed by atoms with van der Waals surface area (Å²) in [6.45, 7) is 4.12. The molecule has 1 aromatic heterocycles. The Labute approximate surface area is 191 Å². The summed E-state index contributed by atoms with van der Waals surface area (Å²) in [4.78, 5) is 27.4. The monoisotopic (exact) mass is 437 g/mol. The number of aromatic amines is 1. The van der Waals surface area contributed by atoms with E-state index in [0.29, 0.717) is 23.6 Å². The Morgan fingerprint density at radius 2 is 1.70 bits per heavy atom. The molecular formula is C27H23N3O3. The number of rotatable bonds is 5. The van der Waals surface area contributed by atoms with Crippen LogP contribution >= 0.6 is 0 Å². The number of carbonyl (C=O) groups excluding carboxylic acids is 2. The number of carbonyl (C=O) groups is 2. The van der Waals surface area contributed by atoms with Crippen molar-refractivity contribution >= 4 is 17.6 Å². The number of nitrogens with one attached hydrogen (secondary N) is 1. The van der Waals surface area contributed by atoms with Crippen molar-refractivity contribution in [3.05, 3.63) is 107 Å². The summed E-state index contributed by atoms with van der Waals surface area (Å²) in [5.41, 5.74) is 6.33. The number of nitrogens with zero attached hydrogens (tertiary/aromatic N) is 2. The van der Waals surface area contributed by atoms with E-state index >= 15 is 0 Å². The summed E-state index contributed by atoms with van der Waals surface area (Å²) in [7, 11) is 0. The van der Waals surface area contributed by atoms with E-state index in [9.17, 15) is 9.59 Å². The summed E-state index contributed by atoms with van der Waals surface area (Å²) >= 11 is 0. The first-order valence-electron chi connectivity index (χ1n) is 10.9. The molecule has 0 spiro atoms. The molecule has 0 saturated heterocycles. The molecule has 6 heteroatoms. The summed E-state index contributed by atoms with van der Waals surface area (Å²) in [5.74, 6) is -0.541. The minimum Gasteiger partial charge on any atom is -0.462 e. The first-order valence-corrected chi connectivity index (χ1v) is 10.9. The highest BCUT2D eigenvalue weighted by Crippen LogP contribution is 2.44. The quantitative estimate of drug-likeness (QED) is 0.429. The van der Waals surface area contributed by atoms with Gasteiger partial charge in [-0.15, -0.1) is 0 Å². The normalized spacial score (nSPS) is 14.9. The van der Waals surface area contributed by atoms with Gasteiger partial charge in [-0.3, -0.25) is 14.8 Å². The molecule has 0 bridgehead atoms. The third-order valence-corrected chi connectivity index (χ3v) is 5.87. The van der Waals surface area contributed by atoms with Gasteiger partial charge in [-0.05, 0) is 43.7 Å². The van der Waals surface area contributed by atoms with Crippen LogP contribution in [0.4, 0.5) is 5.69 Å². The Kier molecular flexibility index (Phi) is 5.26. The molecule has 0 aliphatic carbocycles. The zero-order valence-electron chi connectivity index (χ0n) is 18.4. The van der Waals surface area contributed by atoms with Crippen LogP contribution in [0.25, 0.3) is 11.3 Å². The van der Waals surface area contributed by atoms with Gasteiger partial charge in [-0.25, -0.2) is 4.79 Å². The van der Waals surface area contributed by atoms with Crippen molar-refractivity contribution < 1.29 is 14.3 Å². The average Bonchev–Trinajstić information content (AvgIpc) is 3.39. The molecule has 164 valence electrons. The van der Waals surface area contributed by atoms with E-state index in [4.69, 9.17) is 4.74 Å². The van der Waals surface area contributed by atoms with Gasteiger partial charge >= 0.3 is 5.97 Å². The van der Waals surface area contributed by atoms with Crippen LogP contribution in [-0.2, 0) is 4.74 Å². The number of aromatic nitrogens is 2. The fourth-order valence-electron chi connectivity index (χ4n) is 4.27. The van der Waals surface area contributed by atoms with E-state index in [0.717, 1.165) is 27.9 Å². The number of aryl methyl sites for hydroxylation is 1. The first-order chi connectivity index (χ1) is 16.1. The second-order valence-electron chi connectivity index (χ2n) is 7.98. The Bertz CT molecular complexity index is 1310. The molecule has 0 unspecified atom stereocenters. The Morgan fingerprint density at radius 3 is 2.36 bits per heavy atom. The molecular weight excluding hydrogens is 414 g/mol. The number of H-pyrrole nitrogens is 1. The molecule has 5 rings (SSSR count). The van der Waals surface area contributed by atoms with Gasteiger partial charge in [0.25, 0.3) is 5.91 Å². The Balaban J connectivity index is 1.62. The highest BCUT2D eigenvalue weighted by molar-refractivity contribution is 6.11. The average molecular weight is 437 g/mol. The van der Waals surface area contributed by atoms with Gasteiger partial charge in [0.2, 0.25) is 0 Å². The standard InChI is InChI=1S/C27H23N3O3/c1-3-33-27(32)20-13-15-21(16-14-20)30-25(19-7-5-4-6-8-19)22-23(28-29-24(22)26(30)31)18-11-9-17(2)10-12-18/h4-16,25H,3H2,1-2H3,(H,28,29)/t25-/m1/s1. The molecule has 0 fully saturated rings. The van der Waals surface area contributed by atoms with E-state index < -0.39 is 0 Å². The molecule has 6 nitrogen and oxygen atoms in total. The Hall–Kier alpha value is -4.19. The van der Waals surface area contributed by atoms with Gasteiger partial charge in [0.15, 0.2) is 0 Å². The maximum Gasteiger partial charge on any atom is 0.338 e. The molecule has 33 heavy (non-hydrogen) atoms. The second-order valence-corrected chi connectivity index (χ2v) is 7.98. The minimum atomic E-state index is -0.382. The number of amides is 1. The summed E-state index contributed by atoms with van der Waals surface area (Å²) in [5, 5.41) is 7.50. The van der Waals surface area contributed by atoms with E-state index in [-0.39, 0.29) is 17.9 Å². The van der Waals surface area contributed by atoms with Gasteiger partial charge in [0.05, 0.1) is 23.9 Å². The summed E-state index contributed by atoms with van der Waals surface area (Å²) in [6, 6.07) is 24.6. The zero-order chi connectivity index (χ0) is 22.9. The van der Waals surface area contributed by atoms with Gasteiger partial charge in [0.1, 0.15) is 5.69 Å². The van der Waals surface area contributed by atoms with Crippen molar-refractivity contribution in [2.45, 2.75) is 19.9 Å². The van der Waals surface area contributed by atoms with Crippen LogP contribution in [0.5, 0.6) is 0 Å². The van der Waals surface area contributed by atoms with Gasteiger partial charge < -0.3 is 4.74 Å². The van der Waals surface area contributed by atoms with Crippen molar-refractivity contribution in [2.75, 3.05) is 11.5 Å². The molecule has 1 N–H and O–H groups in total. The van der Waals surface area contributed by atoms with Gasteiger partial charge in [-0.1, -0.05) is 60.2 Å². The van der Waals surface area contributed by atoms with Crippen LogP contribution in [0.15, 0.2) is 78.9 Å². The highest BCUT2D eigenvalue weighted by Gasteiger charge is 2.43. The molecule has 3 aromatic carbocycles. The number of anilines is 1. The molecule has 0 radical (unpaired) electrons. The topological polar surface area (TPSA) is 75.3 Å². The first kappa shape index (κ1) is 20.7. The number of benzene rings is 3. The van der Waals surface area contributed by atoms with E-state index in [1.165, 1.54) is 0 Å². The number of hydrogen-bond acceptors (Lipinski definition) is 4. The summed E-state index contributed by atoms with van der Waals surface area (Å²) in [6.07, 6.45) is 0. The van der Waals surface area contributed by atoms with Crippen molar-refractivity contribution in [1.82, 2.24) is 10.2 Å². The number of esters is 1. The lowest BCUT2D eigenvalue weighted by molar-refractivity contribution is 0.0526.